The third kappa shape index (κ3) is 6.13. The number of aromatic nitrogens is 3. The molecular weight excluding hydrogens is 396 g/mol. The third-order valence-corrected chi connectivity index (χ3v) is 4.68. The summed E-state index contributed by atoms with van der Waals surface area (Å²) in [4.78, 5) is 15.1. The highest BCUT2D eigenvalue weighted by atomic mass is 16.3. The largest absolute Gasteiger partial charge is 0.394 e. The summed E-state index contributed by atoms with van der Waals surface area (Å²) in [7, 11) is 0. The van der Waals surface area contributed by atoms with E-state index in [-0.39, 0.29) is 12.1 Å². The first-order valence-corrected chi connectivity index (χ1v) is 10.3. The second kappa shape index (κ2) is 8.78. The van der Waals surface area contributed by atoms with Crippen LogP contribution in [-0.2, 0) is 12.1 Å². The van der Waals surface area contributed by atoms with Crippen LogP contribution in [0.2, 0.25) is 0 Å². The predicted octanol–water partition coefficient (Wildman–Crippen LogP) is 2.19. The quantitative estimate of drug-likeness (QED) is 0.451. The van der Waals surface area contributed by atoms with Gasteiger partial charge in [-0.05, 0) is 52.3 Å². The number of hydrogen-bond donors (Lipinski definition) is 5. The summed E-state index contributed by atoms with van der Waals surface area (Å²) in [5.41, 5.74) is 1.23. The molecule has 0 spiro atoms. The highest BCUT2D eigenvalue weighted by Crippen LogP contribution is 2.31. The first-order chi connectivity index (χ1) is 14.4. The molecule has 0 saturated heterocycles. The zero-order chi connectivity index (χ0) is 22.8. The molecule has 0 radical (unpaired) electrons. The maximum absolute atomic E-state index is 10.2. The molecule has 5 N–H and O–H groups in total. The van der Waals surface area contributed by atoms with Crippen LogP contribution in [0.1, 0.15) is 51.4 Å². The van der Waals surface area contributed by atoms with Crippen LogP contribution >= 0.6 is 0 Å². The molecule has 0 unspecified atom stereocenters. The Labute approximate surface area is 182 Å². The molecule has 0 bridgehead atoms. The van der Waals surface area contributed by atoms with E-state index in [0.29, 0.717) is 30.4 Å². The number of anilines is 3. The minimum absolute atomic E-state index is 0.209. The molecule has 31 heavy (non-hydrogen) atoms. The van der Waals surface area contributed by atoms with Crippen molar-refractivity contribution in [3.8, 4) is 0 Å². The van der Waals surface area contributed by atoms with Crippen molar-refractivity contribution >= 4 is 23.5 Å². The van der Waals surface area contributed by atoms with Gasteiger partial charge in [-0.25, -0.2) is 15.0 Å². The van der Waals surface area contributed by atoms with Crippen molar-refractivity contribution in [3.05, 3.63) is 41.5 Å². The van der Waals surface area contributed by atoms with E-state index in [4.69, 9.17) is 10.1 Å². The Morgan fingerprint density at radius 2 is 1.87 bits per heavy atom. The summed E-state index contributed by atoms with van der Waals surface area (Å²) in [6.07, 6.45) is 4.48. The van der Waals surface area contributed by atoms with Gasteiger partial charge in [0.1, 0.15) is 29.4 Å². The molecule has 9 heteroatoms. The van der Waals surface area contributed by atoms with Crippen LogP contribution in [0, 0.1) is 0 Å². The molecule has 2 aromatic heterocycles. The molecule has 1 aliphatic rings. The van der Waals surface area contributed by atoms with Crippen molar-refractivity contribution in [1.82, 2.24) is 19.9 Å². The van der Waals surface area contributed by atoms with Crippen LogP contribution in [0.3, 0.4) is 0 Å². The van der Waals surface area contributed by atoms with Gasteiger partial charge >= 0.3 is 0 Å². The van der Waals surface area contributed by atoms with Gasteiger partial charge in [-0.3, -0.25) is 0 Å². The number of hydrogen-bond acceptors (Lipinski definition) is 9. The van der Waals surface area contributed by atoms with E-state index in [2.05, 4.69) is 41.4 Å². The average Bonchev–Trinajstić information content (AvgIpc) is 2.66. The van der Waals surface area contributed by atoms with Gasteiger partial charge in [0.25, 0.3) is 0 Å². The maximum Gasteiger partial charge on any atom is 0.135 e. The van der Waals surface area contributed by atoms with Gasteiger partial charge in [0.05, 0.1) is 18.4 Å². The summed E-state index contributed by atoms with van der Waals surface area (Å²) < 4.78 is 0. The molecule has 9 nitrogen and oxygen atoms in total. The van der Waals surface area contributed by atoms with Crippen LogP contribution < -0.4 is 10.6 Å². The number of pyridine rings is 1. The van der Waals surface area contributed by atoms with Crippen LogP contribution in [0.5, 0.6) is 0 Å². The molecule has 3 rings (SSSR count). The second-order valence-electron chi connectivity index (χ2n) is 9.35. The lowest BCUT2D eigenvalue weighted by Gasteiger charge is -2.31. The molecule has 2 aromatic rings. The van der Waals surface area contributed by atoms with Crippen molar-refractivity contribution in [2.24, 2.45) is 0 Å². The molecule has 0 aromatic carbocycles. The number of nitrogens with one attached hydrogen (secondary N) is 2. The summed E-state index contributed by atoms with van der Waals surface area (Å²) in [6.45, 7) is 10.1. The van der Waals surface area contributed by atoms with Gasteiger partial charge in [-0.2, -0.15) is 0 Å². The zero-order valence-corrected chi connectivity index (χ0v) is 18.7. The Balaban J connectivity index is 1.93. The third-order valence-electron chi connectivity index (χ3n) is 4.68. The number of rotatable bonds is 7. The lowest BCUT2D eigenvalue weighted by Crippen LogP contribution is -2.33. The highest BCUT2D eigenvalue weighted by molar-refractivity contribution is 5.69. The SMILES string of the molecule is CC(C)(C)Nc1nc(Nc2cc(C(C)(C)O)ncn2)cc2c1CN(C[C@H](O)CO)C=C2. The maximum atomic E-state index is 10.2. The first-order valence-electron chi connectivity index (χ1n) is 10.3. The van der Waals surface area contributed by atoms with E-state index in [1.54, 1.807) is 19.9 Å². The smallest absolute Gasteiger partial charge is 0.135 e. The molecule has 0 fully saturated rings. The van der Waals surface area contributed by atoms with Crippen molar-refractivity contribution in [1.29, 1.82) is 0 Å². The molecule has 168 valence electrons. The molecule has 1 atom stereocenters. The van der Waals surface area contributed by atoms with E-state index in [0.717, 1.165) is 16.9 Å². The summed E-state index contributed by atoms with van der Waals surface area (Å²) >= 11 is 0. The van der Waals surface area contributed by atoms with Gasteiger partial charge in [-0.1, -0.05) is 0 Å². The molecular formula is C22H32N6O3. The van der Waals surface area contributed by atoms with Gasteiger partial charge in [0.15, 0.2) is 0 Å². The Bertz CT molecular complexity index is 949. The second-order valence-corrected chi connectivity index (χ2v) is 9.35. The van der Waals surface area contributed by atoms with Crippen molar-refractivity contribution in [2.75, 3.05) is 23.8 Å². The van der Waals surface area contributed by atoms with Gasteiger partial charge in [-0.15, -0.1) is 0 Å². The molecule has 0 amide bonds. The summed E-state index contributed by atoms with van der Waals surface area (Å²) in [5.74, 6) is 1.88. The van der Waals surface area contributed by atoms with Crippen molar-refractivity contribution < 1.29 is 15.3 Å². The molecule has 0 saturated carbocycles. The van der Waals surface area contributed by atoms with Crippen LogP contribution in [0.15, 0.2) is 24.7 Å². The number of fused-ring (bicyclic) bond motifs is 1. The average molecular weight is 429 g/mol. The monoisotopic (exact) mass is 428 g/mol. The summed E-state index contributed by atoms with van der Waals surface area (Å²) in [5, 5.41) is 35.9. The Morgan fingerprint density at radius 1 is 1.13 bits per heavy atom. The Morgan fingerprint density at radius 3 is 2.52 bits per heavy atom. The van der Waals surface area contributed by atoms with E-state index >= 15 is 0 Å². The van der Waals surface area contributed by atoms with Gasteiger partial charge in [0, 0.05) is 36.5 Å². The number of aliphatic hydroxyl groups excluding tert-OH is 2. The lowest BCUT2D eigenvalue weighted by atomic mass is 10.0. The van der Waals surface area contributed by atoms with Crippen LogP contribution in [0.4, 0.5) is 17.5 Å². The topological polar surface area (TPSA) is 127 Å². The standard InChI is InChI=1S/C22H32N6O3/c1-21(2,3)27-20-16-11-28(10-15(30)12-29)7-6-14(16)8-19(26-20)25-18-9-17(22(4,5)31)23-13-24-18/h6-9,13,15,29-31H,10-12H2,1-5H3,(H2,23,24,25,26,27)/t15-/m0/s1. The number of aliphatic hydroxyl groups is 3. The minimum Gasteiger partial charge on any atom is -0.394 e. The highest BCUT2D eigenvalue weighted by Gasteiger charge is 2.22. The fraction of sp³-hybridized carbons (Fsp3) is 0.500. The fourth-order valence-electron chi connectivity index (χ4n) is 3.22. The van der Waals surface area contributed by atoms with Gasteiger partial charge in [0.2, 0.25) is 0 Å². The zero-order valence-electron chi connectivity index (χ0n) is 18.7. The van der Waals surface area contributed by atoms with Gasteiger partial charge < -0.3 is 30.9 Å². The minimum atomic E-state index is -1.08. The first kappa shape index (κ1) is 22.9. The normalized spacial score (nSPS) is 14.9. The molecule has 3 heterocycles. The number of nitrogens with zero attached hydrogens (tertiary/aromatic N) is 4. The van der Waals surface area contributed by atoms with E-state index in [1.807, 2.05) is 23.2 Å². The molecule has 1 aliphatic heterocycles. The Kier molecular flexibility index (Phi) is 6.49. The van der Waals surface area contributed by atoms with E-state index in [1.165, 1.54) is 6.33 Å². The van der Waals surface area contributed by atoms with Crippen LogP contribution in [0.25, 0.3) is 6.08 Å². The van der Waals surface area contributed by atoms with Crippen LogP contribution in [-0.4, -0.2) is 60.0 Å². The summed E-state index contributed by atoms with van der Waals surface area (Å²) in [6, 6.07) is 3.64. The molecule has 0 aliphatic carbocycles. The number of β-amino-alcohol motifs (C(OH)–C–C–N with tert-alkyl or cyclic N) is 1. The predicted molar refractivity (Wildman–Crippen MR) is 121 cm³/mol. The Hall–Kier alpha value is -2.75. The van der Waals surface area contributed by atoms with Crippen molar-refractivity contribution in [2.45, 2.75) is 58.4 Å². The van der Waals surface area contributed by atoms with Crippen molar-refractivity contribution in [3.63, 3.8) is 0 Å². The van der Waals surface area contributed by atoms with E-state index in [9.17, 15) is 10.2 Å². The van der Waals surface area contributed by atoms with E-state index < -0.39 is 11.7 Å². The fourth-order valence-corrected chi connectivity index (χ4v) is 3.22. The lowest BCUT2D eigenvalue weighted by molar-refractivity contribution is 0.0700.